The zero-order chi connectivity index (χ0) is 27.9. The Bertz CT molecular complexity index is 1170. The van der Waals surface area contributed by atoms with Crippen molar-refractivity contribution in [1.29, 1.82) is 0 Å². The minimum atomic E-state index is -1.08. The molecule has 7 atom stereocenters. The fourth-order valence-corrected chi connectivity index (χ4v) is 8.51. The number of aliphatic hydroxyl groups excluding tert-OH is 1. The second-order valence-corrected chi connectivity index (χ2v) is 13.3. The third-order valence-corrected chi connectivity index (χ3v) is 10.9. The Morgan fingerprint density at radius 3 is 2.30 bits per heavy atom. The SMILES string of the molecule is C/C(=C/C(=O)C[C@H](C)C(=O)O)[C@H]1CC(=O)[C@@]2(C)C3=C(C(=O)C[C@]12C)[C@@]1(C)CCC(=O)C(C)(C)[C@@H]1C[C@@H]3O. The molecule has 0 aromatic rings. The first-order valence-corrected chi connectivity index (χ1v) is 13.4. The molecule has 2 N–H and O–H groups in total. The molecule has 4 rings (SSSR count). The predicted octanol–water partition coefficient (Wildman–Crippen LogP) is 4.26. The molecule has 0 aromatic carbocycles. The Hall–Kier alpha value is -2.41. The highest BCUT2D eigenvalue weighted by Gasteiger charge is 2.70. The molecule has 0 radical (unpaired) electrons. The third-order valence-electron chi connectivity index (χ3n) is 10.9. The summed E-state index contributed by atoms with van der Waals surface area (Å²) in [7, 11) is 0. The van der Waals surface area contributed by atoms with Crippen molar-refractivity contribution in [3.05, 3.63) is 22.8 Å². The topological polar surface area (TPSA) is 126 Å². The van der Waals surface area contributed by atoms with Gasteiger partial charge in [0.05, 0.1) is 17.4 Å². The van der Waals surface area contributed by atoms with Gasteiger partial charge < -0.3 is 10.2 Å². The van der Waals surface area contributed by atoms with E-state index in [9.17, 15) is 29.1 Å². The monoisotopic (exact) mass is 512 g/mol. The number of aliphatic carboxylic acids is 1. The van der Waals surface area contributed by atoms with Crippen molar-refractivity contribution >= 4 is 29.1 Å². The summed E-state index contributed by atoms with van der Waals surface area (Å²) in [5, 5.41) is 20.7. The van der Waals surface area contributed by atoms with Crippen LogP contribution >= 0.6 is 0 Å². The molecule has 4 aliphatic carbocycles. The molecule has 2 fully saturated rings. The van der Waals surface area contributed by atoms with Gasteiger partial charge in [-0.25, -0.2) is 0 Å². The molecule has 4 aliphatic rings. The van der Waals surface area contributed by atoms with Crippen molar-refractivity contribution in [1.82, 2.24) is 0 Å². The lowest BCUT2D eigenvalue weighted by atomic mass is 9.42. The molecule has 0 unspecified atom stereocenters. The minimum Gasteiger partial charge on any atom is -0.481 e. The number of carbonyl (C=O) groups excluding carboxylic acids is 4. The first-order chi connectivity index (χ1) is 16.9. The summed E-state index contributed by atoms with van der Waals surface area (Å²) in [6.45, 7) is 12.9. The maximum absolute atomic E-state index is 14.0. The van der Waals surface area contributed by atoms with E-state index in [0.29, 0.717) is 36.0 Å². The van der Waals surface area contributed by atoms with Gasteiger partial charge >= 0.3 is 5.97 Å². The molecule has 0 aromatic heterocycles. The Labute approximate surface area is 218 Å². The Balaban J connectivity index is 1.81. The average molecular weight is 513 g/mol. The van der Waals surface area contributed by atoms with E-state index in [1.165, 1.54) is 13.0 Å². The van der Waals surface area contributed by atoms with Gasteiger partial charge in [0.25, 0.3) is 0 Å². The Morgan fingerprint density at radius 1 is 1.08 bits per heavy atom. The first-order valence-electron chi connectivity index (χ1n) is 13.4. The second-order valence-electron chi connectivity index (χ2n) is 13.3. The fraction of sp³-hybridized carbons (Fsp3) is 0.700. The van der Waals surface area contributed by atoms with Crippen LogP contribution < -0.4 is 0 Å². The zero-order valence-corrected chi connectivity index (χ0v) is 23.1. The lowest BCUT2D eigenvalue weighted by molar-refractivity contribution is -0.146. The predicted molar refractivity (Wildman–Crippen MR) is 136 cm³/mol. The van der Waals surface area contributed by atoms with Gasteiger partial charge in [-0.3, -0.25) is 24.0 Å². The quantitative estimate of drug-likeness (QED) is 0.527. The summed E-state index contributed by atoms with van der Waals surface area (Å²) in [6, 6.07) is 0. The molecule has 37 heavy (non-hydrogen) atoms. The van der Waals surface area contributed by atoms with Crippen LogP contribution in [-0.4, -0.2) is 45.4 Å². The lowest BCUT2D eigenvalue weighted by Crippen LogP contribution is -2.59. The highest BCUT2D eigenvalue weighted by Crippen LogP contribution is 2.70. The van der Waals surface area contributed by atoms with E-state index in [4.69, 9.17) is 5.11 Å². The Kier molecular flexibility index (Phi) is 6.38. The summed E-state index contributed by atoms with van der Waals surface area (Å²) < 4.78 is 0. The van der Waals surface area contributed by atoms with Crippen LogP contribution in [0.5, 0.6) is 0 Å². The minimum absolute atomic E-state index is 0.0497. The van der Waals surface area contributed by atoms with Gasteiger partial charge in [0.1, 0.15) is 11.6 Å². The van der Waals surface area contributed by atoms with Gasteiger partial charge in [-0.15, -0.1) is 0 Å². The van der Waals surface area contributed by atoms with Crippen LogP contribution in [0.1, 0.15) is 87.0 Å². The number of allylic oxidation sites excluding steroid dienone is 3. The summed E-state index contributed by atoms with van der Waals surface area (Å²) in [5.74, 6) is -2.74. The number of aliphatic hydroxyl groups is 1. The molecule has 0 saturated heterocycles. The maximum Gasteiger partial charge on any atom is 0.306 e. The number of carboxylic acids is 1. The van der Waals surface area contributed by atoms with Crippen LogP contribution in [0, 0.1) is 39.4 Å². The van der Waals surface area contributed by atoms with Crippen molar-refractivity contribution in [2.45, 2.75) is 93.1 Å². The molecule has 202 valence electrons. The van der Waals surface area contributed by atoms with Gasteiger partial charge in [-0.05, 0) is 55.6 Å². The molecule has 0 amide bonds. The molecule has 0 aliphatic heterocycles. The zero-order valence-electron chi connectivity index (χ0n) is 23.1. The number of fused-ring (bicyclic) bond motifs is 4. The van der Waals surface area contributed by atoms with Gasteiger partial charge in [0.15, 0.2) is 11.6 Å². The van der Waals surface area contributed by atoms with Gasteiger partial charge in [0.2, 0.25) is 0 Å². The summed E-state index contributed by atoms with van der Waals surface area (Å²) in [5.41, 5.74) is -1.43. The first kappa shape index (κ1) is 27.6. The fourth-order valence-electron chi connectivity index (χ4n) is 8.51. The summed E-state index contributed by atoms with van der Waals surface area (Å²) >= 11 is 0. The van der Waals surface area contributed by atoms with E-state index in [-0.39, 0.29) is 54.2 Å². The highest BCUT2D eigenvalue weighted by molar-refractivity contribution is 6.06. The molecule has 0 spiro atoms. The van der Waals surface area contributed by atoms with E-state index in [1.54, 1.807) is 6.92 Å². The summed E-state index contributed by atoms with van der Waals surface area (Å²) in [4.78, 5) is 64.5. The standard InChI is InChI=1S/C30H40O7/c1-15(10-17(31)11-16(2)26(36)37)18-12-23(35)30(7)25-19(32)13-21-27(3,4)22(34)8-9-28(21,5)24(25)20(33)14-29(18,30)6/h10,16,18-19,21,32H,8-9,11-14H2,1-7H3,(H,36,37)/b15-10-/t16-,18+,19-,21-,28-,29+,30-/m0/s1. The lowest BCUT2D eigenvalue weighted by Gasteiger charge is -2.60. The third kappa shape index (κ3) is 3.67. The molecular formula is C30H40O7. The number of hydrogen-bond donors (Lipinski definition) is 2. The molecule has 7 heteroatoms. The van der Waals surface area contributed by atoms with Gasteiger partial charge in [-0.1, -0.05) is 40.2 Å². The number of carboxylic acid groups (broad SMARTS) is 1. The number of rotatable bonds is 5. The maximum atomic E-state index is 14.0. The Morgan fingerprint density at radius 2 is 1.70 bits per heavy atom. The van der Waals surface area contributed by atoms with E-state index in [1.807, 2.05) is 34.6 Å². The molecule has 7 nitrogen and oxygen atoms in total. The van der Waals surface area contributed by atoms with Crippen LogP contribution in [-0.2, 0) is 24.0 Å². The van der Waals surface area contributed by atoms with Gasteiger partial charge in [0, 0.05) is 42.1 Å². The molecular weight excluding hydrogens is 472 g/mol. The average Bonchev–Trinajstić information content (AvgIpc) is 2.99. The largest absolute Gasteiger partial charge is 0.481 e. The van der Waals surface area contributed by atoms with E-state index < -0.39 is 39.7 Å². The molecule has 2 saturated carbocycles. The molecule has 0 heterocycles. The number of hydrogen-bond acceptors (Lipinski definition) is 6. The summed E-state index contributed by atoms with van der Waals surface area (Å²) in [6.07, 6.45) is 1.78. The smallest absolute Gasteiger partial charge is 0.306 e. The second kappa shape index (κ2) is 8.55. The number of ketones is 4. The van der Waals surface area contributed by atoms with E-state index in [2.05, 4.69) is 0 Å². The van der Waals surface area contributed by atoms with Crippen molar-refractivity contribution in [3.8, 4) is 0 Å². The van der Waals surface area contributed by atoms with Crippen molar-refractivity contribution < 1.29 is 34.2 Å². The van der Waals surface area contributed by atoms with Gasteiger partial charge in [-0.2, -0.15) is 0 Å². The van der Waals surface area contributed by atoms with Crippen LogP contribution in [0.2, 0.25) is 0 Å². The van der Waals surface area contributed by atoms with Crippen LogP contribution in [0.15, 0.2) is 22.8 Å². The van der Waals surface area contributed by atoms with Crippen molar-refractivity contribution in [2.24, 2.45) is 39.4 Å². The number of Topliss-reactive ketones (excluding diaryl/α,β-unsaturated/α-hetero) is 3. The van der Waals surface area contributed by atoms with Crippen LogP contribution in [0.3, 0.4) is 0 Å². The number of carbonyl (C=O) groups is 5. The normalized spacial score (nSPS) is 40.2. The highest BCUT2D eigenvalue weighted by atomic mass is 16.4. The van der Waals surface area contributed by atoms with Crippen LogP contribution in [0.25, 0.3) is 0 Å². The molecule has 0 bridgehead atoms. The van der Waals surface area contributed by atoms with E-state index in [0.717, 1.165) is 0 Å². The van der Waals surface area contributed by atoms with Crippen molar-refractivity contribution in [2.75, 3.05) is 0 Å². The van der Waals surface area contributed by atoms with E-state index >= 15 is 0 Å². The van der Waals surface area contributed by atoms with Crippen LogP contribution in [0.4, 0.5) is 0 Å². The van der Waals surface area contributed by atoms with Crippen molar-refractivity contribution in [3.63, 3.8) is 0 Å².